The smallest absolute Gasteiger partial charge is 0.200 e. The van der Waals surface area contributed by atoms with Gasteiger partial charge in [0.05, 0.1) is 11.9 Å². The number of para-hydroxylation sites is 1. The van der Waals surface area contributed by atoms with Gasteiger partial charge in [0, 0.05) is 36.8 Å². The van der Waals surface area contributed by atoms with Gasteiger partial charge in [-0.25, -0.2) is 4.98 Å². The molecule has 0 radical (unpaired) electrons. The Balaban J connectivity index is 2.35. The maximum absolute atomic E-state index is 5.77. The third kappa shape index (κ3) is 1.34. The highest BCUT2D eigenvalue weighted by Crippen LogP contribution is 2.30. The Bertz CT molecular complexity index is 691. The lowest BCUT2D eigenvalue weighted by molar-refractivity contribution is 0.933. The van der Waals surface area contributed by atoms with Crippen molar-refractivity contribution in [1.29, 1.82) is 0 Å². The lowest BCUT2D eigenvalue weighted by atomic mass is 10.1. The number of nitrogen functional groups attached to an aromatic ring is 1. The fourth-order valence-electron chi connectivity index (χ4n) is 2.22. The van der Waals surface area contributed by atoms with Crippen LogP contribution in [0.2, 0.25) is 0 Å². The van der Waals surface area contributed by atoms with Gasteiger partial charge in [0.1, 0.15) is 0 Å². The van der Waals surface area contributed by atoms with Crippen LogP contribution in [0, 0.1) is 0 Å². The minimum atomic E-state index is 0.535. The second-order valence-corrected chi connectivity index (χ2v) is 4.23. The first kappa shape index (κ1) is 9.96. The van der Waals surface area contributed by atoms with Gasteiger partial charge in [-0.2, -0.15) is 0 Å². The monoisotopic (exact) mass is 226 g/mol. The minimum absolute atomic E-state index is 0.535. The van der Waals surface area contributed by atoms with E-state index in [0.29, 0.717) is 5.95 Å². The molecule has 0 saturated heterocycles. The van der Waals surface area contributed by atoms with Crippen LogP contribution in [-0.2, 0) is 14.1 Å². The molecule has 3 rings (SSSR count). The molecule has 0 saturated carbocycles. The molecular formula is C13H14N4. The quantitative estimate of drug-likeness (QED) is 0.691. The minimum Gasteiger partial charge on any atom is -0.369 e. The van der Waals surface area contributed by atoms with Gasteiger partial charge in [0.25, 0.3) is 0 Å². The first-order chi connectivity index (χ1) is 8.18. The number of aryl methyl sites for hydroxylation is 1. The summed E-state index contributed by atoms with van der Waals surface area (Å²) in [5.41, 5.74) is 9.19. The highest BCUT2D eigenvalue weighted by Gasteiger charge is 2.12. The van der Waals surface area contributed by atoms with Crippen molar-refractivity contribution in [2.75, 3.05) is 5.73 Å². The van der Waals surface area contributed by atoms with Crippen molar-refractivity contribution in [1.82, 2.24) is 14.1 Å². The van der Waals surface area contributed by atoms with Crippen molar-refractivity contribution in [3.63, 3.8) is 0 Å². The number of nitrogens with two attached hydrogens (primary N) is 1. The van der Waals surface area contributed by atoms with Gasteiger partial charge in [-0.05, 0) is 6.07 Å². The number of hydrogen-bond donors (Lipinski definition) is 1. The fourth-order valence-corrected chi connectivity index (χ4v) is 2.22. The maximum Gasteiger partial charge on any atom is 0.200 e. The van der Waals surface area contributed by atoms with E-state index >= 15 is 0 Å². The number of fused-ring (bicyclic) bond motifs is 1. The standard InChI is InChI=1S/C13H14N4/c1-16-8-10(9-5-3-4-6-11(9)16)12-7-15-13(14)17(12)2/h3-8H,1-2H3,(H2,14,15). The van der Waals surface area contributed by atoms with E-state index in [-0.39, 0.29) is 0 Å². The fraction of sp³-hybridized carbons (Fsp3) is 0.154. The summed E-state index contributed by atoms with van der Waals surface area (Å²) >= 11 is 0. The normalized spacial score (nSPS) is 11.2. The summed E-state index contributed by atoms with van der Waals surface area (Å²) in [6, 6.07) is 8.32. The molecule has 2 N–H and O–H groups in total. The van der Waals surface area contributed by atoms with Gasteiger partial charge in [-0.15, -0.1) is 0 Å². The third-order valence-corrected chi connectivity index (χ3v) is 3.20. The zero-order valence-corrected chi connectivity index (χ0v) is 9.88. The third-order valence-electron chi connectivity index (χ3n) is 3.20. The zero-order chi connectivity index (χ0) is 12.0. The van der Waals surface area contributed by atoms with Gasteiger partial charge in [0.15, 0.2) is 5.95 Å². The summed E-state index contributed by atoms with van der Waals surface area (Å²) in [7, 11) is 3.98. The van der Waals surface area contributed by atoms with E-state index in [2.05, 4.69) is 27.9 Å². The number of rotatable bonds is 1. The van der Waals surface area contributed by atoms with E-state index in [4.69, 9.17) is 5.73 Å². The molecule has 0 unspecified atom stereocenters. The van der Waals surface area contributed by atoms with E-state index in [9.17, 15) is 0 Å². The van der Waals surface area contributed by atoms with Crippen LogP contribution in [0.3, 0.4) is 0 Å². The van der Waals surface area contributed by atoms with E-state index in [1.165, 1.54) is 10.9 Å². The van der Waals surface area contributed by atoms with Gasteiger partial charge >= 0.3 is 0 Å². The summed E-state index contributed by atoms with van der Waals surface area (Å²) in [5.74, 6) is 0.535. The van der Waals surface area contributed by atoms with Gasteiger partial charge < -0.3 is 14.9 Å². The predicted octanol–water partition coefficient (Wildman–Crippen LogP) is 2.16. The van der Waals surface area contributed by atoms with Crippen molar-refractivity contribution in [2.24, 2.45) is 14.1 Å². The number of nitrogens with zero attached hydrogens (tertiary/aromatic N) is 3. The van der Waals surface area contributed by atoms with Crippen LogP contribution in [0.5, 0.6) is 0 Å². The van der Waals surface area contributed by atoms with Crippen LogP contribution in [0.25, 0.3) is 22.2 Å². The Morgan fingerprint density at radius 3 is 2.65 bits per heavy atom. The topological polar surface area (TPSA) is 48.8 Å². The average Bonchev–Trinajstić information content (AvgIpc) is 2.83. The molecule has 0 bridgehead atoms. The van der Waals surface area contributed by atoms with Gasteiger partial charge in [-0.1, -0.05) is 18.2 Å². The van der Waals surface area contributed by atoms with E-state index in [1.807, 2.05) is 37.0 Å². The molecule has 0 aliphatic rings. The molecule has 0 amide bonds. The van der Waals surface area contributed by atoms with Crippen molar-refractivity contribution in [3.8, 4) is 11.3 Å². The van der Waals surface area contributed by atoms with Crippen molar-refractivity contribution in [3.05, 3.63) is 36.7 Å². The molecular weight excluding hydrogens is 212 g/mol. The second kappa shape index (κ2) is 3.38. The highest BCUT2D eigenvalue weighted by atomic mass is 15.1. The van der Waals surface area contributed by atoms with Crippen LogP contribution in [-0.4, -0.2) is 14.1 Å². The van der Waals surface area contributed by atoms with Crippen LogP contribution in [0.15, 0.2) is 36.7 Å². The van der Waals surface area contributed by atoms with Crippen LogP contribution < -0.4 is 5.73 Å². The van der Waals surface area contributed by atoms with Crippen LogP contribution >= 0.6 is 0 Å². The van der Waals surface area contributed by atoms with Crippen LogP contribution in [0.1, 0.15) is 0 Å². The molecule has 0 aliphatic carbocycles. The molecule has 1 aromatic carbocycles. The lowest BCUT2D eigenvalue weighted by Crippen LogP contribution is -1.98. The van der Waals surface area contributed by atoms with E-state index in [0.717, 1.165) is 11.3 Å². The zero-order valence-electron chi connectivity index (χ0n) is 9.88. The number of hydrogen-bond acceptors (Lipinski definition) is 2. The molecule has 0 aliphatic heterocycles. The Hall–Kier alpha value is -2.23. The lowest BCUT2D eigenvalue weighted by Gasteiger charge is -2.01. The van der Waals surface area contributed by atoms with E-state index < -0.39 is 0 Å². The molecule has 3 aromatic rings. The Morgan fingerprint density at radius 1 is 1.18 bits per heavy atom. The Morgan fingerprint density at radius 2 is 1.94 bits per heavy atom. The average molecular weight is 226 g/mol. The molecule has 4 heteroatoms. The van der Waals surface area contributed by atoms with E-state index in [1.54, 1.807) is 0 Å². The summed E-state index contributed by atoms with van der Waals surface area (Å²) in [6.07, 6.45) is 3.93. The predicted molar refractivity (Wildman–Crippen MR) is 69.5 cm³/mol. The number of benzene rings is 1. The molecule has 86 valence electrons. The van der Waals surface area contributed by atoms with Gasteiger partial charge in [-0.3, -0.25) is 0 Å². The molecule has 0 atom stereocenters. The Kier molecular flexibility index (Phi) is 1.98. The first-order valence-electron chi connectivity index (χ1n) is 5.50. The number of imidazole rings is 1. The molecule has 0 fully saturated rings. The summed E-state index contributed by atoms with van der Waals surface area (Å²) < 4.78 is 4.02. The maximum atomic E-state index is 5.77. The first-order valence-corrected chi connectivity index (χ1v) is 5.50. The van der Waals surface area contributed by atoms with Crippen molar-refractivity contribution < 1.29 is 0 Å². The number of anilines is 1. The number of aromatic nitrogens is 3. The van der Waals surface area contributed by atoms with Crippen LogP contribution in [0.4, 0.5) is 5.95 Å². The summed E-state index contributed by atoms with van der Waals surface area (Å²) in [5, 5.41) is 1.22. The van der Waals surface area contributed by atoms with Gasteiger partial charge in [0.2, 0.25) is 0 Å². The van der Waals surface area contributed by atoms with Crippen molar-refractivity contribution >= 4 is 16.9 Å². The molecule has 2 aromatic heterocycles. The largest absolute Gasteiger partial charge is 0.369 e. The van der Waals surface area contributed by atoms with Crippen molar-refractivity contribution in [2.45, 2.75) is 0 Å². The molecule has 17 heavy (non-hydrogen) atoms. The highest BCUT2D eigenvalue weighted by molar-refractivity contribution is 5.95. The molecule has 4 nitrogen and oxygen atoms in total. The SMILES string of the molecule is Cn1c(-c2cn(C)c3ccccc23)cnc1N. The Labute approximate surface area is 99.3 Å². The summed E-state index contributed by atoms with van der Waals surface area (Å²) in [4.78, 5) is 4.14. The second-order valence-electron chi connectivity index (χ2n) is 4.23. The molecule has 0 spiro atoms. The molecule has 2 heterocycles. The summed E-state index contributed by atoms with van der Waals surface area (Å²) in [6.45, 7) is 0.